The standard InChI is InChI=1S/C17H16O9/c18-7-16(23)26-10-2-4-12(14(20)6-10)17(24)11-3-1-9(5-13(11)19)25-8-15(21)22/h1-6,16,18-20,23H,7-8H2,(H,21,22). The van der Waals surface area contributed by atoms with Crippen LogP contribution in [0.1, 0.15) is 15.9 Å². The van der Waals surface area contributed by atoms with Crippen molar-refractivity contribution in [1.29, 1.82) is 0 Å². The number of carbonyl (C=O) groups excluding carboxylic acids is 1. The summed E-state index contributed by atoms with van der Waals surface area (Å²) in [6, 6.07) is 7.23. The molecule has 0 radical (unpaired) electrons. The van der Waals surface area contributed by atoms with E-state index in [-0.39, 0.29) is 22.6 Å². The molecule has 1 atom stereocenters. The highest BCUT2D eigenvalue weighted by Crippen LogP contribution is 2.30. The number of phenolic OH excluding ortho intramolecular Hbond substituents is 2. The van der Waals surface area contributed by atoms with Crippen molar-refractivity contribution in [3.63, 3.8) is 0 Å². The third-order valence-electron chi connectivity index (χ3n) is 3.22. The smallest absolute Gasteiger partial charge is 0.341 e. The average Bonchev–Trinajstić information content (AvgIpc) is 2.59. The number of hydrogen-bond donors (Lipinski definition) is 5. The fourth-order valence-corrected chi connectivity index (χ4v) is 2.05. The van der Waals surface area contributed by atoms with Crippen LogP contribution in [0, 0.1) is 0 Å². The third kappa shape index (κ3) is 4.62. The van der Waals surface area contributed by atoms with Gasteiger partial charge >= 0.3 is 5.97 Å². The largest absolute Gasteiger partial charge is 0.507 e. The number of carbonyl (C=O) groups is 2. The molecule has 2 aromatic rings. The van der Waals surface area contributed by atoms with Crippen LogP contribution in [0.25, 0.3) is 0 Å². The van der Waals surface area contributed by atoms with Gasteiger partial charge in [-0.3, -0.25) is 4.79 Å². The summed E-state index contributed by atoms with van der Waals surface area (Å²) in [5.74, 6) is -2.70. The number of phenols is 2. The minimum Gasteiger partial charge on any atom is -0.507 e. The quantitative estimate of drug-likeness (QED) is 0.332. The number of carboxylic acid groups (broad SMARTS) is 1. The normalized spacial score (nSPS) is 11.6. The molecule has 5 N–H and O–H groups in total. The molecule has 0 aliphatic heterocycles. The molecule has 0 bridgehead atoms. The van der Waals surface area contributed by atoms with E-state index in [2.05, 4.69) is 0 Å². The van der Waals surface area contributed by atoms with Gasteiger partial charge < -0.3 is 35.0 Å². The number of hydrogen-bond acceptors (Lipinski definition) is 8. The zero-order chi connectivity index (χ0) is 19.3. The summed E-state index contributed by atoms with van der Waals surface area (Å²) in [6.07, 6.45) is -1.47. The van der Waals surface area contributed by atoms with Crippen LogP contribution in [0.5, 0.6) is 23.0 Å². The van der Waals surface area contributed by atoms with Crippen LogP contribution in [0.2, 0.25) is 0 Å². The lowest BCUT2D eigenvalue weighted by atomic mass is 10.0. The van der Waals surface area contributed by atoms with Gasteiger partial charge in [-0.2, -0.15) is 0 Å². The van der Waals surface area contributed by atoms with Crippen LogP contribution in [-0.2, 0) is 4.79 Å². The Hall–Kier alpha value is -3.30. The summed E-state index contributed by atoms with van der Waals surface area (Å²) in [5.41, 5.74) is -0.266. The second kappa shape index (κ2) is 8.19. The molecule has 0 aromatic heterocycles. The van der Waals surface area contributed by atoms with Crippen LogP contribution in [0.3, 0.4) is 0 Å². The highest BCUT2D eigenvalue weighted by molar-refractivity contribution is 6.12. The van der Waals surface area contributed by atoms with Crippen molar-refractivity contribution < 1.29 is 44.6 Å². The minimum absolute atomic E-state index is 0.0299. The Morgan fingerprint density at radius 3 is 2.00 bits per heavy atom. The number of ether oxygens (including phenoxy) is 2. The molecule has 0 spiro atoms. The fraction of sp³-hybridized carbons (Fsp3) is 0.176. The van der Waals surface area contributed by atoms with Gasteiger partial charge in [-0.1, -0.05) is 0 Å². The molecule has 138 valence electrons. The Morgan fingerprint density at radius 1 is 0.962 bits per heavy atom. The van der Waals surface area contributed by atoms with E-state index < -0.39 is 42.8 Å². The zero-order valence-corrected chi connectivity index (χ0v) is 13.3. The van der Waals surface area contributed by atoms with E-state index >= 15 is 0 Å². The van der Waals surface area contributed by atoms with Gasteiger partial charge in [0.05, 0.1) is 11.1 Å². The minimum atomic E-state index is -1.47. The average molecular weight is 364 g/mol. The molecule has 0 aliphatic carbocycles. The highest BCUT2D eigenvalue weighted by Gasteiger charge is 2.19. The van der Waals surface area contributed by atoms with Crippen molar-refractivity contribution in [3.05, 3.63) is 47.5 Å². The van der Waals surface area contributed by atoms with Crippen molar-refractivity contribution in [2.24, 2.45) is 0 Å². The van der Waals surface area contributed by atoms with Gasteiger partial charge in [0.15, 0.2) is 12.4 Å². The summed E-state index contributed by atoms with van der Waals surface area (Å²) < 4.78 is 9.79. The van der Waals surface area contributed by atoms with Gasteiger partial charge in [-0.25, -0.2) is 4.79 Å². The first-order chi connectivity index (χ1) is 12.3. The van der Waals surface area contributed by atoms with Crippen molar-refractivity contribution in [3.8, 4) is 23.0 Å². The lowest BCUT2D eigenvalue weighted by Crippen LogP contribution is -2.19. The molecule has 2 aromatic carbocycles. The van der Waals surface area contributed by atoms with Crippen molar-refractivity contribution >= 4 is 11.8 Å². The van der Waals surface area contributed by atoms with Gasteiger partial charge in [0.1, 0.15) is 29.6 Å². The second-order valence-corrected chi connectivity index (χ2v) is 5.12. The number of aliphatic hydroxyl groups excluding tert-OH is 2. The molecule has 1 unspecified atom stereocenters. The summed E-state index contributed by atoms with van der Waals surface area (Å²) in [5, 5.41) is 46.4. The number of aromatic hydroxyl groups is 2. The van der Waals surface area contributed by atoms with Crippen molar-refractivity contribution in [2.75, 3.05) is 13.2 Å². The summed E-state index contributed by atoms with van der Waals surface area (Å²) in [6.45, 7) is -1.25. The maximum absolute atomic E-state index is 12.5. The molecule has 0 amide bonds. The summed E-state index contributed by atoms with van der Waals surface area (Å²) in [7, 11) is 0. The molecule has 0 saturated carbocycles. The predicted molar refractivity (Wildman–Crippen MR) is 86.5 cm³/mol. The van der Waals surface area contributed by atoms with Crippen LogP contribution < -0.4 is 9.47 Å². The van der Waals surface area contributed by atoms with Gasteiger partial charge in [-0.15, -0.1) is 0 Å². The molecule has 0 aliphatic rings. The Kier molecular flexibility index (Phi) is 5.99. The number of ketones is 1. The molecule has 0 saturated heterocycles. The van der Waals surface area contributed by atoms with Crippen molar-refractivity contribution in [1.82, 2.24) is 0 Å². The Labute approximate surface area is 147 Å². The molecule has 2 rings (SSSR count). The maximum atomic E-state index is 12.5. The molecule has 26 heavy (non-hydrogen) atoms. The van der Waals surface area contributed by atoms with Gasteiger partial charge in [-0.05, 0) is 24.3 Å². The van der Waals surface area contributed by atoms with Gasteiger partial charge in [0.25, 0.3) is 0 Å². The van der Waals surface area contributed by atoms with E-state index in [1.807, 2.05) is 0 Å². The lowest BCUT2D eigenvalue weighted by molar-refractivity contribution is -0.139. The van der Waals surface area contributed by atoms with Crippen LogP contribution in [0.4, 0.5) is 0 Å². The Balaban J connectivity index is 2.21. The molecule has 9 nitrogen and oxygen atoms in total. The first kappa shape index (κ1) is 19.0. The molecule has 9 heteroatoms. The van der Waals surface area contributed by atoms with E-state index in [4.69, 9.17) is 19.7 Å². The van der Waals surface area contributed by atoms with E-state index in [9.17, 15) is 24.9 Å². The molecule has 0 fully saturated rings. The monoisotopic (exact) mass is 364 g/mol. The predicted octanol–water partition coefficient (Wildman–Crippen LogP) is 0.482. The topological polar surface area (TPSA) is 154 Å². The first-order valence-electron chi connectivity index (χ1n) is 7.32. The van der Waals surface area contributed by atoms with E-state index in [0.29, 0.717) is 0 Å². The number of rotatable bonds is 8. The number of aliphatic hydroxyl groups is 2. The van der Waals surface area contributed by atoms with Crippen molar-refractivity contribution in [2.45, 2.75) is 6.29 Å². The second-order valence-electron chi connectivity index (χ2n) is 5.12. The third-order valence-corrected chi connectivity index (χ3v) is 3.22. The molecular weight excluding hydrogens is 348 g/mol. The lowest BCUT2D eigenvalue weighted by Gasteiger charge is -2.12. The van der Waals surface area contributed by atoms with E-state index in [0.717, 1.165) is 12.1 Å². The fourth-order valence-electron chi connectivity index (χ4n) is 2.05. The number of benzene rings is 2. The van der Waals surface area contributed by atoms with Crippen LogP contribution >= 0.6 is 0 Å². The number of carboxylic acids is 1. The van der Waals surface area contributed by atoms with E-state index in [1.165, 1.54) is 24.3 Å². The maximum Gasteiger partial charge on any atom is 0.341 e. The molecular formula is C17H16O9. The van der Waals surface area contributed by atoms with E-state index in [1.54, 1.807) is 0 Å². The highest BCUT2D eigenvalue weighted by atomic mass is 16.6. The summed E-state index contributed by atoms with van der Waals surface area (Å²) in [4.78, 5) is 22.9. The summed E-state index contributed by atoms with van der Waals surface area (Å²) >= 11 is 0. The van der Waals surface area contributed by atoms with Gasteiger partial charge in [0.2, 0.25) is 6.29 Å². The Bertz CT molecular complexity index is 816. The zero-order valence-electron chi connectivity index (χ0n) is 13.3. The van der Waals surface area contributed by atoms with Crippen LogP contribution in [-0.4, -0.2) is 56.8 Å². The number of aliphatic carboxylic acids is 1. The molecule has 0 heterocycles. The van der Waals surface area contributed by atoms with Crippen LogP contribution in [0.15, 0.2) is 36.4 Å². The Morgan fingerprint density at radius 2 is 1.50 bits per heavy atom. The first-order valence-corrected chi connectivity index (χ1v) is 7.32. The van der Waals surface area contributed by atoms with Gasteiger partial charge in [0, 0.05) is 12.1 Å². The SMILES string of the molecule is O=C(O)COc1ccc(C(=O)c2ccc(OC(O)CO)cc2O)c(O)c1.